The van der Waals surface area contributed by atoms with E-state index in [1.54, 1.807) is 26.2 Å². The van der Waals surface area contributed by atoms with E-state index in [4.69, 9.17) is 19.4 Å². The van der Waals surface area contributed by atoms with Crippen molar-refractivity contribution in [3.8, 4) is 27.8 Å². The molecule has 1 aliphatic carbocycles. The molecule has 2 aromatic heterocycles. The number of fused-ring (bicyclic) bond motifs is 3. The standard InChI is InChI=1S/C44H54F2N8O8S2/c1-25(2)54-34-17-13-15-29(33-24-63-38(47-33)26-18-19-30(45)31(46)20-26)36(34)49-41(54)61-28-21-35-37(55)50-44(40(57)51-64(59,60)52(6)7)22-27(44)14-11-9-8-10-12-16-32(39(56)53(35)23-28)48-42(58)62-43(3,4)5/h11,13-15,17-20,24-25,27-28,32,35H,8-10,12,16,21-23H2,1-7H3,(H,48,58)(H,50,55)(H,51,57)/t27-,28-,32+,35+,44-/m1/s1. The molecule has 2 aliphatic heterocycles. The average molecular weight is 925 g/mol. The van der Waals surface area contributed by atoms with Gasteiger partial charge < -0.3 is 25.0 Å². The van der Waals surface area contributed by atoms with Crippen LogP contribution in [0.4, 0.5) is 13.6 Å². The Kier molecular flexibility index (Phi) is 13.2. The molecule has 0 unspecified atom stereocenters. The number of hydrogen-bond acceptors (Lipinski definition) is 11. The van der Waals surface area contributed by atoms with Crippen LogP contribution in [0.5, 0.6) is 6.01 Å². The number of thiazole rings is 1. The number of alkyl carbamates (subject to hydrolysis) is 1. The van der Waals surface area contributed by atoms with Gasteiger partial charge in [-0.2, -0.15) is 17.7 Å². The molecular weight excluding hydrogens is 871 g/mol. The number of allylic oxidation sites excluding steroid dienone is 1. The molecule has 64 heavy (non-hydrogen) atoms. The molecule has 0 radical (unpaired) electrons. The fraction of sp³-hybridized carbons (Fsp3) is 0.500. The second kappa shape index (κ2) is 18.2. The highest BCUT2D eigenvalue weighted by atomic mass is 32.2. The summed E-state index contributed by atoms with van der Waals surface area (Å²) in [6, 6.07) is 6.93. The molecule has 7 rings (SSSR count). The maximum Gasteiger partial charge on any atom is 0.408 e. The van der Waals surface area contributed by atoms with Crippen LogP contribution >= 0.6 is 11.3 Å². The zero-order valence-electron chi connectivity index (χ0n) is 36.8. The van der Waals surface area contributed by atoms with Gasteiger partial charge in [0.25, 0.3) is 11.9 Å². The summed E-state index contributed by atoms with van der Waals surface area (Å²) < 4.78 is 70.5. The minimum absolute atomic E-state index is 0.0389. The molecule has 3 N–H and O–H groups in total. The molecule has 0 bridgehead atoms. The van der Waals surface area contributed by atoms with E-state index in [9.17, 15) is 36.4 Å². The van der Waals surface area contributed by atoms with Gasteiger partial charge in [0.2, 0.25) is 11.8 Å². The quantitative estimate of drug-likeness (QED) is 0.162. The highest BCUT2D eigenvalue weighted by Crippen LogP contribution is 2.46. The van der Waals surface area contributed by atoms with Crippen molar-refractivity contribution in [2.75, 3.05) is 20.6 Å². The van der Waals surface area contributed by atoms with Crippen molar-refractivity contribution in [1.29, 1.82) is 0 Å². The summed E-state index contributed by atoms with van der Waals surface area (Å²) in [5, 5.41) is 7.87. The predicted molar refractivity (Wildman–Crippen MR) is 236 cm³/mol. The van der Waals surface area contributed by atoms with Gasteiger partial charge in [0, 0.05) is 49.0 Å². The molecule has 20 heteroatoms. The third kappa shape index (κ3) is 9.92. The van der Waals surface area contributed by atoms with Crippen LogP contribution in [0.15, 0.2) is 53.9 Å². The topological polar surface area (TPSA) is 194 Å². The fourth-order valence-corrected chi connectivity index (χ4v) is 9.52. The number of carbonyl (C=O) groups excluding carboxylic acids is 4. The predicted octanol–water partition coefficient (Wildman–Crippen LogP) is 6.25. The van der Waals surface area contributed by atoms with Crippen molar-refractivity contribution in [2.24, 2.45) is 5.92 Å². The first kappa shape index (κ1) is 46.5. The van der Waals surface area contributed by atoms with Gasteiger partial charge in [-0.15, -0.1) is 11.3 Å². The summed E-state index contributed by atoms with van der Waals surface area (Å²) in [5.74, 6) is -4.60. The summed E-state index contributed by atoms with van der Waals surface area (Å²) in [4.78, 5) is 67.3. The number of halogens is 2. The second-order valence-electron chi connectivity index (χ2n) is 17.9. The smallest absolute Gasteiger partial charge is 0.408 e. The summed E-state index contributed by atoms with van der Waals surface area (Å²) in [6.07, 6.45) is 5.16. The van der Waals surface area contributed by atoms with Gasteiger partial charge >= 0.3 is 16.3 Å². The van der Waals surface area contributed by atoms with Crippen LogP contribution in [-0.4, -0.2) is 106 Å². The highest BCUT2D eigenvalue weighted by Gasteiger charge is 2.62. The largest absolute Gasteiger partial charge is 0.459 e. The lowest BCUT2D eigenvalue weighted by Gasteiger charge is -2.30. The molecule has 2 aromatic carbocycles. The number of benzene rings is 2. The van der Waals surface area contributed by atoms with E-state index < -0.39 is 80.9 Å². The Hall–Kier alpha value is -5.47. The number of carbonyl (C=O) groups is 4. The van der Waals surface area contributed by atoms with Crippen LogP contribution in [0.2, 0.25) is 0 Å². The van der Waals surface area contributed by atoms with Gasteiger partial charge in [-0.3, -0.25) is 19.0 Å². The lowest BCUT2D eigenvalue weighted by molar-refractivity contribution is -0.141. The molecule has 1 saturated carbocycles. The van der Waals surface area contributed by atoms with E-state index in [0.717, 1.165) is 22.9 Å². The van der Waals surface area contributed by atoms with Gasteiger partial charge in [-0.1, -0.05) is 37.1 Å². The number of amides is 4. The summed E-state index contributed by atoms with van der Waals surface area (Å²) in [7, 11) is -1.66. The van der Waals surface area contributed by atoms with Crippen molar-refractivity contribution in [3.05, 3.63) is 65.6 Å². The van der Waals surface area contributed by atoms with Crippen LogP contribution in [0.3, 0.4) is 0 Å². The van der Waals surface area contributed by atoms with E-state index in [-0.39, 0.29) is 37.9 Å². The van der Waals surface area contributed by atoms with Crippen molar-refractivity contribution < 1.29 is 45.9 Å². The molecule has 344 valence electrons. The number of para-hydroxylation sites is 1. The molecule has 4 aromatic rings. The Bertz CT molecular complexity index is 2590. The molecule has 3 aliphatic rings. The summed E-state index contributed by atoms with van der Waals surface area (Å²) in [5.41, 5.74) is 0.425. The number of imidazole rings is 1. The summed E-state index contributed by atoms with van der Waals surface area (Å²) >= 11 is 1.27. The Morgan fingerprint density at radius 2 is 1.83 bits per heavy atom. The molecule has 0 spiro atoms. The van der Waals surface area contributed by atoms with Crippen molar-refractivity contribution >= 4 is 56.4 Å². The van der Waals surface area contributed by atoms with Crippen LogP contribution in [0.1, 0.15) is 85.6 Å². The minimum atomic E-state index is -4.22. The lowest BCUT2D eigenvalue weighted by Crippen LogP contribution is -2.58. The first-order valence-electron chi connectivity index (χ1n) is 21.3. The van der Waals surface area contributed by atoms with Crippen LogP contribution in [0.25, 0.3) is 32.9 Å². The molecule has 2 fully saturated rings. The Morgan fingerprint density at radius 1 is 1.06 bits per heavy atom. The van der Waals surface area contributed by atoms with Gasteiger partial charge in [0.05, 0.1) is 17.8 Å². The van der Waals surface area contributed by atoms with Crippen LogP contribution in [0, 0.1) is 17.6 Å². The Labute approximate surface area is 375 Å². The maximum absolute atomic E-state index is 14.7. The molecule has 5 atom stereocenters. The van der Waals surface area contributed by atoms with Crippen LogP contribution in [-0.2, 0) is 29.3 Å². The number of ether oxygens (including phenoxy) is 2. The zero-order chi connectivity index (χ0) is 46.3. The minimum Gasteiger partial charge on any atom is -0.459 e. The first-order valence-corrected chi connectivity index (χ1v) is 23.6. The zero-order valence-corrected chi connectivity index (χ0v) is 38.4. The van der Waals surface area contributed by atoms with Gasteiger partial charge in [0.15, 0.2) is 11.6 Å². The normalized spacial score (nSPS) is 23.3. The van der Waals surface area contributed by atoms with Crippen LogP contribution < -0.4 is 20.1 Å². The number of aromatic nitrogens is 3. The third-order valence-corrected chi connectivity index (χ3v) is 13.8. The Morgan fingerprint density at radius 3 is 2.53 bits per heavy atom. The van der Waals surface area contributed by atoms with Gasteiger partial charge in [-0.25, -0.2) is 23.3 Å². The molecule has 1 saturated heterocycles. The summed E-state index contributed by atoms with van der Waals surface area (Å²) in [6.45, 7) is 8.93. The van der Waals surface area contributed by atoms with E-state index >= 15 is 0 Å². The fourth-order valence-electron chi connectivity index (χ4n) is 8.11. The van der Waals surface area contributed by atoms with Gasteiger partial charge in [0.1, 0.15) is 39.9 Å². The SMILES string of the molecule is CC(C)n1c(O[C@@H]2C[C@H]3C(=O)N[C@]4(C(=O)NS(=O)(=O)N(C)C)C[C@H]4C=CCCCCC[C@H](NC(=O)OC(C)(C)C)C(=O)N3C2)nc2c(-c3csc(-c4ccc(F)c(F)c4)n3)cccc21. The number of rotatable bonds is 9. The van der Waals surface area contributed by atoms with Crippen molar-refractivity contribution in [1.82, 2.24) is 39.1 Å². The van der Waals surface area contributed by atoms with Gasteiger partial charge in [-0.05, 0) is 84.6 Å². The van der Waals surface area contributed by atoms with E-state index in [2.05, 4.69) is 15.4 Å². The molecular formula is C44H54F2N8O8S2. The number of nitrogens with one attached hydrogen (secondary N) is 3. The molecule has 4 heterocycles. The number of hydrogen-bond donors (Lipinski definition) is 3. The molecule has 16 nitrogen and oxygen atoms in total. The molecule has 4 amide bonds. The second-order valence-corrected chi connectivity index (χ2v) is 20.7. The van der Waals surface area contributed by atoms with Crippen molar-refractivity contribution in [2.45, 2.75) is 115 Å². The highest BCUT2D eigenvalue weighted by molar-refractivity contribution is 7.87. The first-order chi connectivity index (χ1) is 30.2. The monoisotopic (exact) mass is 924 g/mol. The Balaban J connectivity index is 1.23. The van der Waals surface area contributed by atoms with E-state index in [0.29, 0.717) is 52.1 Å². The number of nitrogens with zero attached hydrogens (tertiary/aromatic N) is 5. The lowest BCUT2D eigenvalue weighted by atomic mass is 10.0. The average Bonchev–Trinajstić information content (AvgIpc) is 3.56. The van der Waals surface area contributed by atoms with E-state index in [1.807, 2.05) is 48.8 Å². The van der Waals surface area contributed by atoms with E-state index in [1.165, 1.54) is 36.4 Å². The van der Waals surface area contributed by atoms with Crippen molar-refractivity contribution in [3.63, 3.8) is 0 Å². The third-order valence-electron chi connectivity index (χ3n) is 11.5. The maximum atomic E-state index is 14.7.